The normalized spacial score (nSPS) is 10.5. The van der Waals surface area contributed by atoms with Crippen LogP contribution in [-0.4, -0.2) is 14.2 Å². The fourth-order valence-corrected chi connectivity index (χ4v) is 2.99. The minimum atomic E-state index is -0.220. The van der Waals surface area contributed by atoms with Crippen LogP contribution in [0.2, 0.25) is 0 Å². The maximum absolute atomic E-state index is 14.6. The highest BCUT2D eigenvalue weighted by atomic mass is 19.1. The molecule has 27 heavy (non-hydrogen) atoms. The summed E-state index contributed by atoms with van der Waals surface area (Å²) in [4.78, 5) is 2.05. The van der Waals surface area contributed by atoms with Crippen molar-refractivity contribution in [3.8, 4) is 11.5 Å². The Bertz CT molecular complexity index is 826. The van der Waals surface area contributed by atoms with Crippen molar-refractivity contribution in [3.05, 3.63) is 89.2 Å². The Kier molecular flexibility index (Phi) is 5.97. The molecule has 0 aliphatic heterocycles. The quantitative estimate of drug-likeness (QED) is 0.563. The molecule has 0 amide bonds. The van der Waals surface area contributed by atoms with Crippen molar-refractivity contribution in [2.75, 3.05) is 19.1 Å². The summed E-state index contributed by atoms with van der Waals surface area (Å²) in [5, 5.41) is 0. The second kappa shape index (κ2) is 8.58. The number of methoxy groups -OCH3 is 2. The van der Waals surface area contributed by atoms with Crippen LogP contribution < -0.4 is 14.4 Å². The molecule has 0 unspecified atom stereocenters. The summed E-state index contributed by atoms with van der Waals surface area (Å²) in [6.07, 6.45) is 0. The van der Waals surface area contributed by atoms with Crippen LogP contribution in [0.3, 0.4) is 0 Å². The van der Waals surface area contributed by atoms with Gasteiger partial charge in [-0.1, -0.05) is 30.3 Å². The summed E-state index contributed by atoms with van der Waals surface area (Å²) >= 11 is 0. The molecule has 0 aliphatic rings. The number of hydrogen-bond acceptors (Lipinski definition) is 3. The summed E-state index contributed by atoms with van der Waals surface area (Å²) in [5.41, 5.74) is 3.80. The van der Waals surface area contributed by atoms with Gasteiger partial charge in [-0.3, -0.25) is 0 Å². The van der Waals surface area contributed by atoms with E-state index in [0.717, 1.165) is 28.2 Å². The van der Waals surface area contributed by atoms with E-state index in [1.54, 1.807) is 20.3 Å². The third-order valence-electron chi connectivity index (χ3n) is 4.51. The first-order valence-corrected chi connectivity index (χ1v) is 8.86. The third kappa shape index (κ3) is 4.79. The van der Waals surface area contributed by atoms with E-state index in [9.17, 15) is 4.39 Å². The first-order valence-electron chi connectivity index (χ1n) is 8.86. The average Bonchev–Trinajstić information content (AvgIpc) is 2.70. The monoisotopic (exact) mass is 365 g/mol. The molecule has 0 saturated carbocycles. The van der Waals surface area contributed by atoms with Crippen molar-refractivity contribution in [3.63, 3.8) is 0 Å². The van der Waals surface area contributed by atoms with E-state index in [1.165, 1.54) is 6.07 Å². The van der Waals surface area contributed by atoms with E-state index in [-0.39, 0.29) is 5.82 Å². The molecule has 3 aromatic rings. The molecule has 0 saturated heterocycles. The Morgan fingerprint density at radius 1 is 0.741 bits per heavy atom. The molecule has 0 aliphatic carbocycles. The Hall–Kier alpha value is -3.01. The zero-order valence-electron chi connectivity index (χ0n) is 15.9. The number of hydrogen-bond donors (Lipinski definition) is 0. The predicted octanol–water partition coefficient (Wildman–Crippen LogP) is 5.36. The summed E-state index contributed by atoms with van der Waals surface area (Å²) in [6, 6.07) is 20.9. The predicted molar refractivity (Wildman–Crippen MR) is 107 cm³/mol. The van der Waals surface area contributed by atoms with E-state index in [1.807, 2.05) is 66.4 Å². The SMILES string of the molecule is COc1ccc(CN(Cc2ccc(OC)cc2)c2cc(C)ccc2F)cc1. The molecule has 0 spiro atoms. The van der Waals surface area contributed by atoms with Gasteiger partial charge in [0.15, 0.2) is 0 Å². The van der Waals surface area contributed by atoms with E-state index in [4.69, 9.17) is 9.47 Å². The number of aryl methyl sites for hydroxylation is 1. The minimum Gasteiger partial charge on any atom is -0.497 e. The van der Waals surface area contributed by atoms with E-state index < -0.39 is 0 Å². The van der Waals surface area contributed by atoms with Crippen LogP contribution in [0.25, 0.3) is 0 Å². The highest BCUT2D eigenvalue weighted by Crippen LogP contribution is 2.26. The molecule has 4 heteroatoms. The summed E-state index contributed by atoms with van der Waals surface area (Å²) < 4.78 is 25.0. The molecule has 3 aromatic carbocycles. The number of benzene rings is 3. The molecule has 0 fully saturated rings. The first-order chi connectivity index (χ1) is 13.1. The fourth-order valence-electron chi connectivity index (χ4n) is 2.99. The number of ether oxygens (including phenoxy) is 2. The molecular weight excluding hydrogens is 341 g/mol. The van der Waals surface area contributed by atoms with Crippen LogP contribution in [0.15, 0.2) is 66.7 Å². The fraction of sp³-hybridized carbons (Fsp3) is 0.217. The highest BCUT2D eigenvalue weighted by Gasteiger charge is 2.14. The third-order valence-corrected chi connectivity index (χ3v) is 4.51. The van der Waals surface area contributed by atoms with Crippen LogP contribution in [0.5, 0.6) is 11.5 Å². The van der Waals surface area contributed by atoms with Crippen molar-refractivity contribution in [1.82, 2.24) is 0 Å². The maximum atomic E-state index is 14.6. The number of rotatable bonds is 7. The summed E-state index contributed by atoms with van der Waals surface area (Å²) in [7, 11) is 3.29. The number of halogens is 1. The van der Waals surface area contributed by atoms with E-state index >= 15 is 0 Å². The van der Waals surface area contributed by atoms with E-state index in [0.29, 0.717) is 18.8 Å². The zero-order chi connectivity index (χ0) is 19.2. The molecule has 3 rings (SSSR count). The summed E-state index contributed by atoms with van der Waals surface area (Å²) in [6.45, 7) is 3.16. The van der Waals surface area contributed by atoms with Gasteiger partial charge in [-0.05, 0) is 60.0 Å². The molecule has 140 valence electrons. The first kappa shape index (κ1) is 18.8. The van der Waals surface area contributed by atoms with Crippen molar-refractivity contribution in [2.24, 2.45) is 0 Å². The highest BCUT2D eigenvalue weighted by molar-refractivity contribution is 5.51. The van der Waals surface area contributed by atoms with Crippen LogP contribution in [0, 0.1) is 12.7 Å². The van der Waals surface area contributed by atoms with Gasteiger partial charge in [-0.15, -0.1) is 0 Å². The topological polar surface area (TPSA) is 21.7 Å². The Balaban J connectivity index is 1.90. The molecule has 0 bridgehead atoms. The zero-order valence-corrected chi connectivity index (χ0v) is 15.9. The average molecular weight is 365 g/mol. The molecule has 0 aromatic heterocycles. The standard InChI is InChI=1S/C23H24FNO2/c1-17-4-13-22(24)23(14-17)25(15-18-5-9-20(26-2)10-6-18)16-19-7-11-21(27-3)12-8-19/h4-14H,15-16H2,1-3H3. The molecule has 0 N–H and O–H groups in total. The Morgan fingerprint density at radius 3 is 1.67 bits per heavy atom. The van der Waals surface area contributed by atoms with Gasteiger partial charge in [0, 0.05) is 13.1 Å². The van der Waals surface area contributed by atoms with Crippen LogP contribution in [-0.2, 0) is 13.1 Å². The van der Waals surface area contributed by atoms with Gasteiger partial charge < -0.3 is 14.4 Å². The second-order valence-corrected chi connectivity index (χ2v) is 6.51. The van der Waals surface area contributed by atoms with Gasteiger partial charge in [-0.2, -0.15) is 0 Å². The van der Waals surface area contributed by atoms with Gasteiger partial charge in [0.1, 0.15) is 17.3 Å². The van der Waals surface area contributed by atoms with Gasteiger partial charge >= 0.3 is 0 Å². The van der Waals surface area contributed by atoms with Crippen molar-refractivity contribution >= 4 is 5.69 Å². The lowest BCUT2D eigenvalue weighted by molar-refractivity contribution is 0.414. The lowest BCUT2D eigenvalue weighted by Crippen LogP contribution is -2.23. The Labute approximate surface area is 160 Å². The Morgan fingerprint density at radius 2 is 1.22 bits per heavy atom. The molecule has 3 nitrogen and oxygen atoms in total. The van der Waals surface area contributed by atoms with Crippen LogP contribution in [0.4, 0.5) is 10.1 Å². The summed E-state index contributed by atoms with van der Waals surface area (Å²) in [5.74, 6) is 1.40. The van der Waals surface area contributed by atoms with Crippen molar-refractivity contribution < 1.29 is 13.9 Å². The lowest BCUT2D eigenvalue weighted by Gasteiger charge is -2.26. The van der Waals surface area contributed by atoms with Gasteiger partial charge in [0.05, 0.1) is 19.9 Å². The second-order valence-electron chi connectivity index (χ2n) is 6.51. The van der Waals surface area contributed by atoms with Gasteiger partial charge in [0.2, 0.25) is 0 Å². The van der Waals surface area contributed by atoms with Gasteiger partial charge in [-0.25, -0.2) is 4.39 Å². The number of nitrogens with zero attached hydrogens (tertiary/aromatic N) is 1. The lowest BCUT2D eigenvalue weighted by atomic mass is 10.1. The van der Waals surface area contributed by atoms with Crippen LogP contribution >= 0.6 is 0 Å². The molecular formula is C23H24FNO2. The van der Waals surface area contributed by atoms with Crippen molar-refractivity contribution in [1.29, 1.82) is 0 Å². The van der Waals surface area contributed by atoms with Crippen molar-refractivity contribution in [2.45, 2.75) is 20.0 Å². The molecule has 0 atom stereocenters. The number of anilines is 1. The van der Waals surface area contributed by atoms with Crippen LogP contribution in [0.1, 0.15) is 16.7 Å². The molecule has 0 heterocycles. The van der Waals surface area contributed by atoms with E-state index in [2.05, 4.69) is 0 Å². The maximum Gasteiger partial charge on any atom is 0.146 e. The van der Waals surface area contributed by atoms with Gasteiger partial charge in [0.25, 0.3) is 0 Å². The minimum absolute atomic E-state index is 0.220. The largest absolute Gasteiger partial charge is 0.497 e. The molecule has 0 radical (unpaired) electrons. The smallest absolute Gasteiger partial charge is 0.146 e.